The summed E-state index contributed by atoms with van der Waals surface area (Å²) in [6.07, 6.45) is 0.347. The van der Waals surface area contributed by atoms with Gasteiger partial charge in [0.15, 0.2) is 0 Å². The quantitative estimate of drug-likeness (QED) is 0.0890. The molecule has 2 unspecified atom stereocenters. The van der Waals surface area contributed by atoms with Crippen LogP contribution in [0, 0.1) is 11.8 Å². The Morgan fingerprint density at radius 1 is 0.812 bits per heavy atom. The van der Waals surface area contributed by atoms with Gasteiger partial charge >= 0.3 is 0 Å². The Hall–Kier alpha value is -3.15. The monoisotopic (exact) mass is 453 g/mol. The minimum absolute atomic E-state index is 0.572. The summed E-state index contributed by atoms with van der Waals surface area (Å²) in [6, 6.07) is 27.6. The van der Waals surface area contributed by atoms with E-state index in [9.17, 15) is 5.26 Å². The van der Waals surface area contributed by atoms with Gasteiger partial charge in [0.05, 0.1) is 10.8 Å². The van der Waals surface area contributed by atoms with Gasteiger partial charge in [0.1, 0.15) is 6.10 Å². The number of isothiocyanates is 1. The summed E-state index contributed by atoms with van der Waals surface area (Å²) in [7, 11) is 2.74. The lowest BCUT2D eigenvalue weighted by Gasteiger charge is -2.15. The zero-order valence-corrected chi connectivity index (χ0v) is 19.1. The number of thiocarbonyl (C=S) groups is 1. The molecule has 0 saturated carbocycles. The first-order chi connectivity index (χ1) is 15.7. The lowest BCUT2D eigenvalue weighted by atomic mass is 9.97. The van der Waals surface area contributed by atoms with Gasteiger partial charge in [-0.2, -0.15) is 4.99 Å². The van der Waals surface area contributed by atoms with Crippen LogP contribution < -0.4 is 0 Å². The second kappa shape index (κ2) is 10.4. The van der Waals surface area contributed by atoms with Crippen LogP contribution in [0.2, 0.25) is 0 Å². The lowest BCUT2D eigenvalue weighted by Crippen LogP contribution is -2.04. The van der Waals surface area contributed by atoms with E-state index in [0.717, 1.165) is 44.9 Å². The van der Waals surface area contributed by atoms with Gasteiger partial charge in [0.2, 0.25) is 0 Å². The number of nitrogens with zero attached hydrogens (tertiary/aromatic N) is 1. The highest BCUT2D eigenvalue weighted by Gasteiger charge is 2.15. The third-order valence-electron chi connectivity index (χ3n) is 5.18. The Labute approximate surface area is 194 Å². The van der Waals surface area contributed by atoms with Crippen LogP contribution in [0.4, 0.5) is 5.69 Å². The average molecular weight is 454 g/mol. The average Bonchev–Trinajstić information content (AvgIpc) is 2.84. The highest BCUT2D eigenvalue weighted by Crippen LogP contribution is 2.29. The van der Waals surface area contributed by atoms with Crippen LogP contribution in [0.15, 0.2) is 89.9 Å². The molecule has 0 fully saturated rings. The Morgan fingerprint density at radius 3 is 2.03 bits per heavy atom. The first kappa shape index (κ1) is 22.1. The molecule has 0 bridgehead atoms. The minimum Gasteiger partial charge on any atom is -0.251 e. The second-order valence-corrected chi connectivity index (χ2v) is 7.84. The first-order valence-electron chi connectivity index (χ1n) is 10.0. The maximum absolute atomic E-state index is 9.62. The fourth-order valence-corrected chi connectivity index (χ4v) is 3.83. The predicted molar refractivity (Wildman–Crippen MR) is 136 cm³/mol. The van der Waals surface area contributed by atoms with Crippen molar-refractivity contribution >= 4 is 43.1 Å². The van der Waals surface area contributed by atoms with Gasteiger partial charge in [-0.05, 0) is 88.3 Å². The van der Waals surface area contributed by atoms with E-state index in [1.54, 1.807) is 0 Å². The lowest BCUT2D eigenvalue weighted by molar-refractivity contribution is -0.270. The van der Waals surface area contributed by atoms with Gasteiger partial charge in [-0.1, -0.05) is 54.3 Å². The summed E-state index contributed by atoms with van der Waals surface area (Å²) in [5.74, 6) is 6.28. The Balaban J connectivity index is 1.54. The molecule has 1 N–H and O–H groups in total. The largest absolute Gasteiger partial charge is 0.251 e. The molecule has 4 rings (SSSR count). The molecule has 0 amide bonds. The van der Waals surface area contributed by atoms with E-state index in [2.05, 4.69) is 67.7 Å². The van der Waals surface area contributed by atoms with Gasteiger partial charge < -0.3 is 0 Å². The van der Waals surface area contributed by atoms with E-state index < -0.39 is 6.10 Å². The van der Waals surface area contributed by atoms with Crippen LogP contribution in [-0.4, -0.2) is 10.4 Å². The van der Waals surface area contributed by atoms with Crippen molar-refractivity contribution in [2.75, 3.05) is 0 Å². The van der Waals surface area contributed by atoms with E-state index in [0.29, 0.717) is 0 Å². The smallest absolute Gasteiger partial charge is 0.143 e. The summed E-state index contributed by atoms with van der Waals surface area (Å²) in [4.78, 5) is 8.79. The molecule has 0 saturated heterocycles. The van der Waals surface area contributed by atoms with Gasteiger partial charge in [0.25, 0.3) is 0 Å². The zero-order valence-electron chi connectivity index (χ0n) is 17.2. The Kier molecular flexibility index (Phi) is 7.20. The van der Waals surface area contributed by atoms with Crippen molar-refractivity contribution in [1.82, 2.24) is 0 Å². The fourth-order valence-electron chi connectivity index (χ4n) is 3.48. The van der Waals surface area contributed by atoms with Crippen molar-refractivity contribution in [3.05, 3.63) is 113 Å². The molecule has 0 aliphatic heterocycles. The molecule has 0 aliphatic carbocycles. The van der Waals surface area contributed by atoms with Crippen molar-refractivity contribution in [2.24, 2.45) is 4.99 Å². The molecule has 0 aliphatic rings. The maximum atomic E-state index is 9.62. The molecule has 0 heterocycles. The van der Waals surface area contributed by atoms with Crippen molar-refractivity contribution < 1.29 is 10.1 Å². The zero-order chi connectivity index (χ0) is 22.3. The predicted octanol–water partition coefficient (Wildman–Crippen LogP) is 6.93. The van der Waals surface area contributed by atoms with Gasteiger partial charge in [-0.25, -0.2) is 4.89 Å². The van der Waals surface area contributed by atoms with Crippen LogP contribution in [0.5, 0.6) is 0 Å². The molecule has 4 aromatic rings. The van der Waals surface area contributed by atoms with Crippen LogP contribution in [0.3, 0.4) is 0 Å². The molecular formula is C27H20NO2PS. The highest BCUT2D eigenvalue weighted by molar-refractivity contribution is 7.78. The molecule has 3 nitrogen and oxygen atoms in total. The Bertz CT molecular complexity index is 1350. The summed E-state index contributed by atoms with van der Waals surface area (Å²) >= 11 is 4.61. The number of hydrogen-bond donors (Lipinski definition) is 1. The van der Waals surface area contributed by atoms with Gasteiger partial charge in [-0.3, -0.25) is 5.26 Å². The van der Waals surface area contributed by atoms with Crippen LogP contribution >= 0.6 is 21.5 Å². The van der Waals surface area contributed by atoms with Crippen molar-refractivity contribution in [2.45, 2.75) is 12.3 Å². The molecule has 156 valence electrons. The van der Waals surface area contributed by atoms with Gasteiger partial charge in [-0.15, -0.1) is 9.24 Å². The van der Waals surface area contributed by atoms with Crippen LogP contribution in [0.1, 0.15) is 33.9 Å². The fraction of sp³-hybridized carbons (Fsp3) is 0.0741. The third kappa shape index (κ3) is 5.18. The minimum atomic E-state index is -0.572. The summed E-state index contributed by atoms with van der Waals surface area (Å²) in [5, 5.41) is 14.2. The van der Waals surface area contributed by atoms with E-state index >= 15 is 0 Å². The second-order valence-electron chi connectivity index (χ2n) is 7.25. The van der Waals surface area contributed by atoms with Crippen molar-refractivity contribution in [3.63, 3.8) is 0 Å². The number of fused-ring (bicyclic) bond motifs is 1. The molecule has 0 spiro atoms. The summed E-state index contributed by atoms with van der Waals surface area (Å²) < 4.78 is 0. The number of rotatable bonds is 5. The molecule has 4 aromatic carbocycles. The molecule has 32 heavy (non-hydrogen) atoms. The standard InChI is InChI=1S/C27H20NO2PS/c29-30-27(25-12-11-23-15-21(17-31)5-10-24(23)16-25)22-8-3-19(4-9-22)1-2-20-6-13-26(14-7-20)28-18-32/h3-16,27,29H,17,31H2. The SMILES string of the molecule is OOC(c1ccc(C#Cc2ccc(N=C=S)cc2)cc1)c1ccc2cc(CP)ccc2c1. The summed E-state index contributed by atoms with van der Waals surface area (Å²) in [5.41, 5.74) is 5.51. The molecular weight excluding hydrogens is 433 g/mol. The van der Waals surface area contributed by atoms with Crippen LogP contribution in [-0.2, 0) is 11.0 Å². The molecule has 5 heteroatoms. The molecule has 0 radical (unpaired) electrons. The number of hydrogen-bond acceptors (Lipinski definition) is 4. The third-order valence-corrected chi connectivity index (χ3v) is 5.74. The van der Waals surface area contributed by atoms with E-state index in [1.165, 1.54) is 5.56 Å². The first-order valence-corrected chi connectivity index (χ1v) is 11.3. The van der Waals surface area contributed by atoms with E-state index in [-0.39, 0.29) is 0 Å². The normalized spacial score (nSPS) is 11.3. The topological polar surface area (TPSA) is 41.8 Å². The maximum Gasteiger partial charge on any atom is 0.143 e. The van der Waals surface area contributed by atoms with E-state index in [1.807, 2.05) is 60.7 Å². The highest BCUT2D eigenvalue weighted by atomic mass is 32.1. The number of benzene rings is 4. The summed E-state index contributed by atoms with van der Waals surface area (Å²) in [6.45, 7) is 0. The molecule has 0 aromatic heterocycles. The van der Waals surface area contributed by atoms with Gasteiger partial charge in [0, 0.05) is 11.1 Å². The van der Waals surface area contributed by atoms with Crippen molar-refractivity contribution in [3.8, 4) is 11.8 Å². The molecule has 2 atom stereocenters. The number of aliphatic imine (C=N–C) groups is 1. The Morgan fingerprint density at radius 2 is 1.41 bits per heavy atom. The van der Waals surface area contributed by atoms with Crippen molar-refractivity contribution in [1.29, 1.82) is 0 Å². The van der Waals surface area contributed by atoms with E-state index in [4.69, 9.17) is 4.89 Å². The van der Waals surface area contributed by atoms with Crippen LogP contribution in [0.25, 0.3) is 10.8 Å².